The van der Waals surface area contributed by atoms with Crippen molar-refractivity contribution in [3.63, 3.8) is 0 Å². The third-order valence-electron chi connectivity index (χ3n) is 4.19. The van der Waals surface area contributed by atoms with Crippen molar-refractivity contribution in [2.75, 3.05) is 5.32 Å². The lowest BCUT2D eigenvalue weighted by atomic mass is 9.70. The van der Waals surface area contributed by atoms with Crippen molar-refractivity contribution in [2.45, 2.75) is 46.1 Å². The van der Waals surface area contributed by atoms with Crippen molar-refractivity contribution >= 4 is 23.0 Å². The molecule has 0 aliphatic heterocycles. The zero-order chi connectivity index (χ0) is 14.9. The second-order valence-corrected chi connectivity index (χ2v) is 6.99. The van der Waals surface area contributed by atoms with E-state index in [1.165, 1.54) is 6.07 Å². The molecule has 0 amide bonds. The van der Waals surface area contributed by atoms with Gasteiger partial charge in [0, 0.05) is 17.1 Å². The number of nitrogens with zero attached hydrogens (tertiary/aromatic N) is 1. The Morgan fingerprint density at radius 1 is 1.45 bits per heavy atom. The van der Waals surface area contributed by atoms with Crippen LogP contribution in [0, 0.1) is 21.4 Å². The fraction of sp³-hybridized carbons (Fsp3) is 0.600. The molecule has 0 heterocycles. The first-order chi connectivity index (χ1) is 9.28. The fourth-order valence-electron chi connectivity index (χ4n) is 3.14. The highest BCUT2D eigenvalue weighted by molar-refractivity contribution is 6.30. The number of benzene rings is 1. The van der Waals surface area contributed by atoms with E-state index in [4.69, 9.17) is 11.6 Å². The van der Waals surface area contributed by atoms with Gasteiger partial charge in [0.1, 0.15) is 5.69 Å². The molecule has 1 saturated carbocycles. The van der Waals surface area contributed by atoms with Crippen LogP contribution >= 0.6 is 11.6 Å². The zero-order valence-corrected chi connectivity index (χ0v) is 12.9. The number of anilines is 1. The van der Waals surface area contributed by atoms with E-state index in [-0.39, 0.29) is 16.7 Å². The Bertz CT molecular complexity index is 517. The molecule has 1 aliphatic rings. The SMILES string of the molecule is CC1CC(C)(C)CCC1Nc1ccc(Cl)cc1[N+](=O)[O-]. The summed E-state index contributed by atoms with van der Waals surface area (Å²) >= 11 is 5.84. The molecule has 2 unspecified atom stereocenters. The summed E-state index contributed by atoms with van der Waals surface area (Å²) in [7, 11) is 0. The molecule has 20 heavy (non-hydrogen) atoms. The van der Waals surface area contributed by atoms with Gasteiger partial charge in [-0.25, -0.2) is 0 Å². The molecule has 1 aliphatic carbocycles. The van der Waals surface area contributed by atoms with Gasteiger partial charge in [0.25, 0.3) is 5.69 Å². The summed E-state index contributed by atoms with van der Waals surface area (Å²) in [6, 6.07) is 5.07. The van der Waals surface area contributed by atoms with E-state index >= 15 is 0 Å². The number of nitrogens with one attached hydrogen (secondary N) is 1. The van der Waals surface area contributed by atoms with E-state index in [1.807, 2.05) is 0 Å². The van der Waals surface area contributed by atoms with Crippen LogP contribution in [0.2, 0.25) is 5.02 Å². The van der Waals surface area contributed by atoms with Crippen LogP contribution in [0.3, 0.4) is 0 Å². The van der Waals surface area contributed by atoms with Crippen molar-refractivity contribution in [2.24, 2.45) is 11.3 Å². The maximum atomic E-state index is 11.1. The van der Waals surface area contributed by atoms with Gasteiger partial charge >= 0.3 is 0 Å². The van der Waals surface area contributed by atoms with E-state index in [0.717, 1.165) is 19.3 Å². The molecule has 1 aromatic rings. The van der Waals surface area contributed by atoms with Gasteiger partial charge in [0.15, 0.2) is 0 Å². The van der Waals surface area contributed by atoms with Crippen molar-refractivity contribution in [3.05, 3.63) is 33.3 Å². The Hall–Kier alpha value is -1.29. The lowest BCUT2D eigenvalue weighted by molar-refractivity contribution is -0.384. The molecule has 0 spiro atoms. The van der Waals surface area contributed by atoms with E-state index in [9.17, 15) is 10.1 Å². The Kier molecular flexibility index (Phi) is 4.23. The minimum Gasteiger partial charge on any atom is -0.376 e. The van der Waals surface area contributed by atoms with Crippen LogP contribution in [0.25, 0.3) is 0 Å². The van der Waals surface area contributed by atoms with E-state index < -0.39 is 0 Å². The highest BCUT2D eigenvalue weighted by Crippen LogP contribution is 2.40. The molecule has 110 valence electrons. The summed E-state index contributed by atoms with van der Waals surface area (Å²) in [6.07, 6.45) is 3.30. The lowest BCUT2D eigenvalue weighted by Gasteiger charge is -2.39. The molecule has 4 nitrogen and oxygen atoms in total. The maximum Gasteiger partial charge on any atom is 0.293 e. The Morgan fingerprint density at radius 3 is 2.75 bits per heavy atom. The average Bonchev–Trinajstić information content (AvgIpc) is 2.33. The van der Waals surface area contributed by atoms with E-state index in [2.05, 4.69) is 26.1 Å². The number of nitro benzene ring substituents is 1. The highest BCUT2D eigenvalue weighted by Gasteiger charge is 2.33. The second-order valence-electron chi connectivity index (χ2n) is 6.55. The van der Waals surface area contributed by atoms with Crippen molar-refractivity contribution in [1.29, 1.82) is 0 Å². The van der Waals surface area contributed by atoms with Crippen molar-refractivity contribution < 1.29 is 4.92 Å². The van der Waals surface area contributed by atoms with Gasteiger partial charge in [-0.2, -0.15) is 0 Å². The summed E-state index contributed by atoms with van der Waals surface area (Å²) in [4.78, 5) is 10.7. The minimum absolute atomic E-state index is 0.0505. The van der Waals surface area contributed by atoms with Crippen LogP contribution in [0.15, 0.2) is 18.2 Å². The number of hydrogen-bond donors (Lipinski definition) is 1. The Labute approximate surface area is 124 Å². The second kappa shape index (κ2) is 5.60. The molecular weight excluding hydrogens is 276 g/mol. The van der Waals surface area contributed by atoms with Crippen molar-refractivity contribution in [1.82, 2.24) is 0 Å². The molecule has 5 heteroatoms. The molecule has 1 aromatic carbocycles. The zero-order valence-electron chi connectivity index (χ0n) is 12.1. The summed E-state index contributed by atoms with van der Waals surface area (Å²) < 4.78 is 0. The van der Waals surface area contributed by atoms with Gasteiger partial charge < -0.3 is 5.32 Å². The molecular formula is C15H21ClN2O2. The third kappa shape index (κ3) is 3.42. The molecule has 1 fully saturated rings. The highest BCUT2D eigenvalue weighted by atomic mass is 35.5. The van der Waals surface area contributed by atoms with Gasteiger partial charge in [-0.05, 0) is 42.7 Å². The van der Waals surface area contributed by atoms with Crippen LogP contribution in [-0.2, 0) is 0 Å². The minimum atomic E-state index is -0.383. The standard InChI is InChI=1S/C15H21ClN2O2/c1-10-9-15(2,3)7-6-12(10)17-13-5-4-11(16)8-14(13)18(19)20/h4-5,8,10,12,17H,6-7,9H2,1-3H3. The van der Waals surface area contributed by atoms with Crippen LogP contribution in [0.5, 0.6) is 0 Å². The summed E-state index contributed by atoms with van der Waals surface area (Å²) in [5.74, 6) is 0.494. The number of nitro groups is 1. The average molecular weight is 297 g/mol. The normalized spacial score (nSPS) is 25.2. The molecule has 1 N–H and O–H groups in total. The molecule has 0 aromatic heterocycles. The molecule has 0 bridgehead atoms. The van der Waals surface area contributed by atoms with Gasteiger partial charge in [-0.3, -0.25) is 10.1 Å². The van der Waals surface area contributed by atoms with E-state index in [1.54, 1.807) is 12.1 Å². The van der Waals surface area contributed by atoms with Crippen LogP contribution in [0.1, 0.15) is 40.0 Å². The Morgan fingerprint density at radius 2 is 2.15 bits per heavy atom. The number of halogens is 1. The maximum absolute atomic E-state index is 11.1. The monoisotopic (exact) mass is 296 g/mol. The number of rotatable bonds is 3. The smallest absolute Gasteiger partial charge is 0.293 e. The predicted octanol–water partition coefficient (Wildman–Crippen LogP) is 4.87. The largest absolute Gasteiger partial charge is 0.376 e. The fourth-order valence-corrected chi connectivity index (χ4v) is 3.31. The van der Waals surface area contributed by atoms with Gasteiger partial charge in [0.05, 0.1) is 4.92 Å². The quantitative estimate of drug-likeness (QED) is 0.639. The predicted molar refractivity (Wildman–Crippen MR) is 82.3 cm³/mol. The molecule has 2 rings (SSSR count). The van der Waals surface area contributed by atoms with Gasteiger partial charge in [0.2, 0.25) is 0 Å². The first kappa shape index (κ1) is 15.1. The van der Waals surface area contributed by atoms with Gasteiger partial charge in [-0.1, -0.05) is 32.4 Å². The summed E-state index contributed by atoms with van der Waals surface area (Å²) in [6.45, 7) is 6.77. The lowest BCUT2D eigenvalue weighted by Crippen LogP contribution is -2.37. The van der Waals surface area contributed by atoms with Crippen LogP contribution < -0.4 is 5.32 Å². The van der Waals surface area contributed by atoms with Gasteiger partial charge in [-0.15, -0.1) is 0 Å². The molecule has 0 saturated heterocycles. The number of hydrogen-bond acceptors (Lipinski definition) is 3. The first-order valence-electron chi connectivity index (χ1n) is 6.99. The van der Waals surface area contributed by atoms with Crippen LogP contribution in [0.4, 0.5) is 11.4 Å². The van der Waals surface area contributed by atoms with E-state index in [0.29, 0.717) is 22.0 Å². The topological polar surface area (TPSA) is 55.2 Å². The summed E-state index contributed by atoms with van der Waals surface area (Å²) in [5.41, 5.74) is 0.981. The van der Waals surface area contributed by atoms with Crippen LogP contribution in [-0.4, -0.2) is 11.0 Å². The Balaban J connectivity index is 2.16. The first-order valence-corrected chi connectivity index (χ1v) is 7.37. The van der Waals surface area contributed by atoms with Crippen molar-refractivity contribution in [3.8, 4) is 0 Å². The third-order valence-corrected chi connectivity index (χ3v) is 4.43. The summed E-state index contributed by atoms with van der Waals surface area (Å²) in [5, 5.41) is 14.8. The molecule has 2 atom stereocenters. The molecule has 0 radical (unpaired) electrons.